The number of anilines is 1. The van der Waals surface area contributed by atoms with E-state index in [1.165, 1.54) is 5.56 Å². The molecule has 2 aromatic carbocycles. The Labute approximate surface area is 191 Å². The summed E-state index contributed by atoms with van der Waals surface area (Å²) in [5, 5.41) is 13.2. The van der Waals surface area contributed by atoms with Gasteiger partial charge in [-0.1, -0.05) is 57.2 Å². The molecule has 3 atom stereocenters. The number of hydrogen-bond donors (Lipinski definition) is 3. The Hall–Kier alpha value is -2.38. The van der Waals surface area contributed by atoms with Crippen molar-refractivity contribution in [1.29, 1.82) is 0 Å². The Morgan fingerprint density at radius 1 is 1.19 bits per heavy atom. The maximum atomic E-state index is 13.0. The molecule has 3 N–H and O–H groups in total. The molecule has 0 bridgehead atoms. The fourth-order valence-electron chi connectivity index (χ4n) is 4.20. The summed E-state index contributed by atoms with van der Waals surface area (Å²) < 4.78 is 25.5. The molecule has 0 saturated heterocycles. The summed E-state index contributed by atoms with van der Waals surface area (Å²) in [6.45, 7) is 10.1. The van der Waals surface area contributed by atoms with Crippen LogP contribution in [0.4, 0.5) is 5.69 Å². The quantitative estimate of drug-likeness (QED) is 0.588. The normalized spacial score (nSPS) is 21.7. The van der Waals surface area contributed by atoms with Gasteiger partial charge >= 0.3 is 0 Å². The molecule has 6 nitrogen and oxygen atoms in total. The van der Waals surface area contributed by atoms with Crippen LogP contribution >= 0.6 is 0 Å². The van der Waals surface area contributed by atoms with E-state index in [0.717, 1.165) is 22.9 Å². The van der Waals surface area contributed by atoms with Gasteiger partial charge in [0.05, 0.1) is 30.5 Å². The summed E-state index contributed by atoms with van der Waals surface area (Å²) in [5.41, 5.74) is 3.92. The van der Waals surface area contributed by atoms with Gasteiger partial charge in [-0.05, 0) is 54.0 Å². The van der Waals surface area contributed by atoms with E-state index in [4.69, 9.17) is 0 Å². The SMILES string of the molecule is Cc1cc(C(C)NC(=O)C2CC2(CO)c2ccc(C(C)(C)C)cc2)ccc1NS(C)(=O)=O. The van der Waals surface area contributed by atoms with Crippen molar-refractivity contribution in [2.24, 2.45) is 5.92 Å². The predicted octanol–water partition coefficient (Wildman–Crippen LogP) is 3.79. The lowest BCUT2D eigenvalue weighted by molar-refractivity contribution is -0.123. The molecule has 1 saturated carbocycles. The fraction of sp³-hybridized carbons (Fsp3) is 0.480. The molecule has 32 heavy (non-hydrogen) atoms. The first-order valence-corrected chi connectivity index (χ1v) is 12.8. The number of sulfonamides is 1. The van der Waals surface area contributed by atoms with Gasteiger partial charge in [0.25, 0.3) is 0 Å². The van der Waals surface area contributed by atoms with Gasteiger partial charge in [-0.15, -0.1) is 0 Å². The highest BCUT2D eigenvalue weighted by Crippen LogP contribution is 2.54. The summed E-state index contributed by atoms with van der Waals surface area (Å²) in [6.07, 6.45) is 1.73. The zero-order valence-electron chi connectivity index (χ0n) is 19.7. The van der Waals surface area contributed by atoms with Gasteiger partial charge in [0, 0.05) is 5.41 Å². The molecule has 0 heterocycles. The van der Waals surface area contributed by atoms with Crippen molar-refractivity contribution in [3.63, 3.8) is 0 Å². The summed E-state index contributed by atoms with van der Waals surface area (Å²) in [7, 11) is -3.35. The number of aliphatic hydroxyl groups is 1. The third kappa shape index (κ3) is 5.15. The lowest BCUT2D eigenvalue weighted by Crippen LogP contribution is -2.32. The molecule has 174 valence electrons. The number of carbonyl (C=O) groups excluding carboxylic acids is 1. The van der Waals surface area contributed by atoms with E-state index in [1.54, 1.807) is 6.07 Å². The number of aryl methyl sites for hydroxylation is 1. The summed E-state index contributed by atoms with van der Waals surface area (Å²) in [5.74, 6) is -0.356. The molecule has 1 fully saturated rings. The van der Waals surface area contributed by atoms with Crippen LogP contribution in [0.15, 0.2) is 42.5 Å². The van der Waals surface area contributed by atoms with E-state index in [9.17, 15) is 18.3 Å². The topological polar surface area (TPSA) is 95.5 Å². The van der Waals surface area contributed by atoms with Crippen molar-refractivity contribution in [3.8, 4) is 0 Å². The summed E-state index contributed by atoms with van der Waals surface area (Å²) in [6, 6.07) is 13.4. The minimum absolute atomic E-state index is 0.0468. The number of aliphatic hydroxyl groups excluding tert-OH is 1. The van der Waals surface area contributed by atoms with Crippen LogP contribution in [-0.2, 0) is 25.6 Å². The molecule has 0 spiro atoms. The van der Waals surface area contributed by atoms with Crippen molar-refractivity contribution in [2.75, 3.05) is 17.6 Å². The van der Waals surface area contributed by atoms with Gasteiger partial charge in [-0.2, -0.15) is 0 Å². The Morgan fingerprint density at radius 3 is 2.31 bits per heavy atom. The molecule has 7 heteroatoms. The lowest BCUT2D eigenvalue weighted by atomic mass is 9.84. The highest BCUT2D eigenvalue weighted by Gasteiger charge is 2.59. The number of benzene rings is 2. The van der Waals surface area contributed by atoms with Crippen LogP contribution in [0.1, 0.15) is 62.4 Å². The van der Waals surface area contributed by atoms with Crippen LogP contribution in [0.3, 0.4) is 0 Å². The van der Waals surface area contributed by atoms with E-state index in [2.05, 4.69) is 42.9 Å². The molecule has 2 aromatic rings. The monoisotopic (exact) mass is 458 g/mol. The van der Waals surface area contributed by atoms with Gasteiger partial charge in [0.2, 0.25) is 15.9 Å². The third-order valence-electron chi connectivity index (χ3n) is 6.40. The van der Waals surface area contributed by atoms with Gasteiger partial charge in [0.1, 0.15) is 0 Å². The molecule has 3 rings (SSSR count). The van der Waals surface area contributed by atoms with Crippen LogP contribution in [-0.4, -0.2) is 32.3 Å². The number of hydrogen-bond acceptors (Lipinski definition) is 4. The van der Waals surface area contributed by atoms with Crippen LogP contribution in [0.2, 0.25) is 0 Å². The zero-order chi connectivity index (χ0) is 23.9. The molecule has 0 aromatic heterocycles. The largest absolute Gasteiger partial charge is 0.395 e. The Bertz CT molecular complexity index is 1100. The minimum Gasteiger partial charge on any atom is -0.395 e. The molecule has 3 unspecified atom stereocenters. The maximum Gasteiger partial charge on any atom is 0.229 e. The molecule has 0 radical (unpaired) electrons. The van der Waals surface area contributed by atoms with Crippen molar-refractivity contribution in [1.82, 2.24) is 5.32 Å². The van der Waals surface area contributed by atoms with Crippen molar-refractivity contribution < 1.29 is 18.3 Å². The molecular formula is C25H34N2O4S. The van der Waals surface area contributed by atoms with Gasteiger partial charge in [0.15, 0.2) is 0 Å². The molecule has 0 aliphatic heterocycles. The summed E-state index contributed by atoms with van der Waals surface area (Å²) >= 11 is 0. The number of carbonyl (C=O) groups is 1. The van der Waals surface area contributed by atoms with Gasteiger partial charge in [-0.3, -0.25) is 9.52 Å². The Balaban J connectivity index is 1.70. The Kier molecular flexibility index (Phi) is 6.46. The van der Waals surface area contributed by atoms with Crippen LogP contribution in [0.5, 0.6) is 0 Å². The van der Waals surface area contributed by atoms with Crippen molar-refractivity contribution in [2.45, 2.75) is 57.9 Å². The van der Waals surface area contributed by atoms with Crippen LogP contribution < -0.4 is 10.0 Å². The first-order valence-electron chi connectivity index (χ1n) is 10.9. The minimum atomic E-state index is -3.35. The van der Waals surface area contributed by atoms with Crippen molar-refractivity contribution >= 4 is 21.6 Å². The maximum absolute atomic E-state index is 13.0. The lowest BCUT2D eigenvalue weighted by Gasteiger charge is -2.22. The van der Waals surface area contributed by atoms with Crippen LogP contribution in [0.25, 0.3) is 0 Å². The second-order valence-corrected chi connectivity index (χ2v) is 11.8. The average molecular weight is 459 g/mol. The van der Waals surface area contributed by atoms with E-state index in [1.807, 2.05) is 38.1 Å². The van der Waals surface area contributed by atoms with Gasteiger partial charge in [-0.25, -0.2) is 8.42 Å². The predicted molar refractivity (Wildman–Crippen MR) is 128 cm³/mol. The summed E-state index contributed by atoms with van der Waals surface area (Å²) in [4.78, 5) is 13.0. The van der Waals surface area contributed by atoms with E-state index in [-0.39, 0.29) is 29.9 Å². The third-order valence-corrected chi connectivity index (χ3v) is 7.00. The van der Waals surface area contributed by atoms with E-state index < -0.39 is 15.4 Å². The standard InChI is InChI=1S/C25H34N2O4S/c1-16-13-18(7-12-22(16)27-32(6,30)31)17(2)26-23(29)21-14-25(21,15-28)20-10-8-19(9-11-20)24(3,4)5/h7-13,17,21,27-28H,14-15H2,1-6H3,(H,26,29). The highest BCUT2D eigenvalue weighted by molar-refractivity contribution is 7.92. The number of rotatable bonds is 7. The molecule has 1 aliphatic carbocycles. The first-order chi connectivity index (χ1) is 14.8. The second-order valence-electron chi connectivity index (χ2n) is 10.1. The van der Waals surface area contributed by atoms with Crippen LogP contribution in [0, 0.1) is 12.8 Å². The van der Waals surface area contributed by atoms with E-state index in [0.29, 0.717) is 12.1 Å². The molecule has 1 amide bonds. The zero-order valence-corrected chi connectivity index (χ0v) is 20.5. The molecule has 1 aliphatic rings. The molecular weight excluding hydrogens is 424 g/mol. The highest BCUT2D eigenvalue weighted by atomic mass is 32.2. The smallest absolute Gasteiger partial charge is 0.229 e. The average Bonchev–Trinajstić information content (AvgIpc) is 3.44. The fourth-order valence-corrected chi connectivity index (χ4v) is 4.83. The van der Waals surface area contributed by atoms with Crippen molar-refractivity contribution in [3.05, 3.63) is 64.7 Å². The number of nitrogens with one attached hydrogen (secondary N) is 2. The first kappa shape index (κ1) is 24.3. The Morgan fingerprint density at radius 2 is 1.81 bits per heavy atom. The number of amides is 1. The second kappa shape index (κ2) is 8.52. The van der Waals surface area contributed by atoms with E-state index >= 15 is 0 Å². The van der Waals surface area contributed by atoms with Gasteiger partial charge < -0.3 is 10.4 Å².